The predicted molar refractivity (Wildman–Crippen MR) is 77.3 cm³/mol. The van der Waals surface area contributed by atoms with E-state index in [1.54, 1.807) is 0 Å². The third kappa shape index (κ3) is 2.45. The number of amides is 1. The summed E-state index contributed by atoms with van der Waals surface area (Å²) in [6, 6.07) is 19.6. The van der Waals surface area contributed by atoms with Crippen molar-refractivity contribution in [3.63, 3.8) is 0 Å². The molecular formula is C16H16N2O. The summed E-state index contributed by atoms with van der Waals surface area (Å²) in [5, 5.41) is 3.30. The first kappa shape index (κ1) is 11.8. The molecule has 0 spiro atoms. The SMILES string of the molecule is O=C1[C@@H](Nc2ccccc2)CCN1c1ccccc1. The van der Waals surface area contributed by atoms with E-state index in [1.165, 1.54) is 0 Å². The molecule has 3 rings (SSSR count). The highest BCUT2D eigenvalue weighted by Crippen LogP contribution is 2.23. The molecule has 19 heavy (non-hydrogen) atoms. The Morgan fingerprint density at radius 3 is 2.26 bits per heavy atom. The Morgan fingerprint density at radius 2 is 1.58 bits per heavy atom. The van der Waals surface area contributed by atoms with Gasteiger partial charge >= 0.3 is 0 Å². The van der Waals surface area contributed by atoms with Crippen molar-refractivity contribution >= 4 is 17.3 Å². The van der Waals surface area contributed by atoms with Crippen molar-refractivity contribution in [3.8, 4) is 0 Å². The highest BCUT2D eigenvalue weighted by Gasteiger charge is 2.32. The molecule has 1 fully saturated rings. The van der Waals surface area contributed by atoms with Gasteiger partial charge in [-0.1, -0.05) is 36.4 Å². The Bertz CT molecular complexity index is 553. The average molecular weight is 252 g/mol. The number of hydrogen-bond donors (Lipinski definition) is 1. The summed E-state index contributed by atoms with van der Waals surface area (Å²) in [6.45, 7) is 0.771. The smallest absolute Gasteiger partial charge is 0.249 e. The summed E-state index contributed by atoms with van der Waals surface area (Å²) in [5.41, 5.74) is 1.97. The number of anilines is 2. The lowest BCUT2D eigenvalue weighted by Gasteiger charge is -2.17. The molecule has 1 atom stereocenters. The fourth-order valence-corrected chi connectivity index (χ4v) is 2.41. The van der Waals surface area contributed by atoms with Crippen LogP contribution < -0.4 is 10.2 Å². The first-order chi connectivity index (χ1) is 9.34. The highest BCUT2D eigenvalue weighted by atomic mass is 16.2. The lowest BCUT2D eigenvalue weighted by Crippen LogP contribution is -2.33. The van der Waals surface area contributed by atoms with Crippen LogP contribution in [0.3, 0.4) is 0 Å². The molecule has 0 saturated carbocycles. The molecule has 0 aliphatic carbocycles. The van der Waals surface area contributed by atoms with Gasteiger partial charge in [-0.15, -0.1) is 0 Å². The van der Waals surface area contributed by atoms with Crippen molar-refractivity contribution in [2.75, 3.05) is 16.8 Å². The van der Waals surface area contributed by atoms with Gasteiger partial charge < -0.3 is 10.2 Å². The molecule has 0 bridgehead atoms. The normalized spacial score (nSPS) is 18.6. The van der Waals surface area contributed by atoms with Crippen LogP contribution in [0.2, 0.25) is 0 Å². The molecule has 3 nitrogen and oxygen atoms in total. The van der Waals surface area contributed by atoms with Crippen molar-refractivity contribution in [1.82, 2.24) is 0 Å². The molecule has 1 saturated heterocycles. The first-order valence-electron chi connectivity index (χ1n) is 6.52. The van der Waals surface area contributed by atoms with E-state index < -0.39 is 0 Å². The van der Waals surface area contributed by atoms with Gasteiger partial charge in [-0.25, -0.2) is 0 Å². The summed E-state index contributed by atoms with van der Waals surface area (Å²) in [4.78, 5) is 14.2. The van der Waals surface area contributed by atoms with E-state index in [0.717, 1.165) is 24.3 Å². The zero-order chi connectivity index (χ0) is 13.1. The molecular weight excluding hydrogens is 236 g/mol. The van der Waals surface area contributed by atoms with E-state index in [0.29, 0.717) is 0 Å². The van der Waals surface area contributed by atoms with Crippen molar-refractivity contribution in [3.05, 3.63) is 60.7 Å². The minimum Gasteiger partial charge on any atom is -0.374 e. The van der Waals surface area contributed by atoms with Crippen LogP contribution in [0.15, 0.2) is 60.7 Å². The van der Waals surface area contributed by atoms with Crippen LogP contribution in [0, 0.1) is 0 Å². The number of hydrogen-bond acceptors (Lipinski definition) is 2. The maximum atomic E-state index is 12.4. The topological polar surface area (TPSA) is 32.3 Å². The Labute approximate surface area is 112 Å². The molecule has 96 valence electrons. The molecule has 2 aromatic rings. The third-order valence-corrected chi connectivity index (χ3v) is 3.39. The molecule has 2 aromatic carbocycles. The zero-order valence-corrected chi connectivity index (χ0v) is 10.6. The number of rotatable bonds is 3. The number of para-hydroxylation sites is 2. The predicted octanol–water partition coefficient (Wildman–Crippen LogP) is 2.90. The van der Waals surface area contributed by atoms with Crippen molar-refractivity contribution in [1.29, 1.82) is 0 Å². The minimum absolute atomic E-state index is 0.123. The fourth-order valence-electron chi connectivity index (χ4n) is 2.41. The number of benzene rings is 2. The van der Waals surface area contributed by atoms with Gasteiger partial charge in [0.15, 0.2) is 0 Å². The quantitative estimate of drug-likeness (QED) is 0.911. The van der Waals surface area contributed by atoms with Crippen LogP contribution >= 0.6 is 0 Å². The van der Waals surface area contributed by atoms with Gasteiger partial charge in [-0.3, -0.25) is 4.79 Å². The van der Waals surface area contributed by atoms with E-state index in [2.05, 4.69) is 5.32 Å². The largest absolute Gasteiger partial charge is 0.374 e. The molecule has 3 heteroatoms. The molecule has 1 aliphatic rings. The zero-order valence-electron chi connectivity index (χ0n) is 10.6. The van der Waals surface area contributed by atoms with Crippen molar-refractivity contribution in [2.45, 2.75) is 12.5 Å². The molecule has 1 aliphatic heterocycles. The number of nitrogens with zero attached hydrogens (tertiary/aromatic N) is 1. The van der Waals surface area contributed by atoms with Crippen LogP contribution in [0.4, 0.5) is 11.4 Å². The lowest BCUT2D eigenvalue weighted by atomic mass is 10.2. The summed E-state index contributed by atoms with van der Waals surface area (Å²) in [6.07, 6.45) is 0.836. The van der Waals surface area contributed by atoms with Gasteiger partial charge in [0.1, 0.15) is 6.04 Å². The van der Waals surface area contributed by atoms with E-state index >= 15 is 0 Å². The summed E-state index contributed by atoms with van der Waals surface area (Å²) >= 11 is 0. The van der Waals surface area contributed by atoms with Gasteiger partial charge in [-0.2, -0.15) is 0 Å². The average Bonchev–Trinajstić information content (AvgIpc) is 2.82. The monoisotopic (exact) mass is 252 g/mol. The van der Waals surface area contributed by atoms with Gasteiger partial charge in [0.2, 0.25) is 5.91 Å². The minimum atomic E-state index is -0.123. The highest BCUT2D eigenvalue weighted by molar-refractivity contribution is 6.00. The summed E-state index contributed by atoms with van der Waals surface area (Å²) in [7, 11) is 0. The van der Waals surface area contributed by atoms with Crippen molar-refractivity contribution in [2.24, 2.45) is 0 Å². The fraction of sp³-hybridized carbons (Fsp3) is 0.188. The van der Waals surface area contributed by atoms with Gasteiger partial charge in [0, 0.05) is 17.9 Å². The number of carbonyl (C=O) groups is 1. The Morgan fingerprint density at radius 1 is 0.947 bits per heavy atom. The standard InChI is InChI=1S/C16H16N2O/c19-16-15(17-13-7-3-1-4-8-13)11-12-18(16)14-9-5-2-6-10-14/h1-10,15,17H,11-12H2/t15-/m0/s1. The van der Waals surface area contributed by atoms with Crippen LogP contribution in [0.1, 0.15) is 6.42 Å². The van der Waals surface area contributed by atoms with Crippen LogP contribution in [0.5, 0.6) is 0 Å². The first-order valence-corrected chi connectivity index (χ1v) is 6.52. The maximum absolute atomic E-state index is 12.4. The molecule has 0 radical (unpaired) electrons. The molecule has 0 unspecified atom stereocenters. The second kappa shape index (κ2) is 5.14. The second-order valence-corrected chi connectivity index (χ2v) is 4.68. The number of carbonyl (C=O) groups excluding carboxylic acids is 1. The Kier molecular flexibility index (Phi) is 3.19. The Balaban J connectivity index is 1.73. The molecule has 0 aromatic heterocycles. The third-order valence-electron chi connectivity index (χ3n) is 3.39. The second-order valence-electron chi connectivity index (χ2n) is 4.68. The van der Waals surface area contributed by atoms with Crippen LogP contribution in [-0.4, -0.2) is 18.5 Å². The van der Waals surface area contributed by atoms with E-state index in [-0.39, 0.29) is 11.9 Å². The van der Waals surface area contributed by atoms with Gasteiger partial charge in [0.25, 0.3) is 0 Å². The van der Waals surface area contributed by atoms with E-state index in [4.69, 9.17) is 0 Å². The van der Waals surface area contributed by atoms with Crippen molar-refractivity contribution < 1.29 is 4.79 Å². The van der Waals surface area contributed by atoms with Crippen LogP contribution in [-0.2, 0) is 4.79 Å². The molecule has 1 amide bonds. The summed E-state index contributed by atoms with van der Waals surface area (Å²) in [5.74, 6) is 0.148. The van der Waals surface area contributed by atoms with E-state index in [9.17, 15) is 4.79 Å². The lowest BCUT2D eigenvalue weighted by molar-refractivity contribution is -0.117. The molecule has 1 N–H and O–H groups in total. The van der Waals surface area contributed by atoms with Crippen LogP contribution in [0.25, 0.3) is 0 Å². The summed E-state index contributed by atoms with van der Waals surface area (Å²) < 4.78 is 0. The van der Waals surface area contributed by atoms with E-state index in [1.807, 2.05) is 65.6 Å². The Hall–Kier alpha value is -2.29. The number of nitrogens with one attached hydrogen (secondary N) is 1. The van der Waals surface area contributed by atoms with Gasteiger partial charge in [-0.05, 0) is 30.7 Å². The maximum Gasteiger partial charge on any atom is 0.249 e. The molecule has 1 heterocycles. The van der Waals surface area contributed by atoms with Gasteiger partial charge in [0.05, 0.1) is 0 Å².